The third-order valence-electron chi connectivity index (χ3n) is 3.89. The van der Waals surface area contributed by atoms with Crippen molar-refractivity contribution in [3.63, 3.8) is 0 Å². The summed E-state index contributed by atoms with van der Waals surface area (Å²) in [6, 6.07) is 9.90. The van der Waals surface area contributed by atoms with Crippen molar-refractivity contribution in [3.05, 3.63) is 58.1 Å². The number of aliphatic hydroxyl groups is 1. The summed E-state index contributed by atoms with van der Waals surface area (Å²) in [5, 5.41) is 21.4. The van der Waals surface area contributed by atoms with Crippen LogP contribution in [0.15, 0.2) is 47.4 Å². The molecule has 0 bridgehead atoms. The van der Waals surface area contributed by atoms with Gasteiger partial charge in [0.25, 0.3) is 5.91 Å². The van der Waals surface area contributed by atoms with E-state index in [4.69, 9.17) is 33.2 Å². The smallest absolute Gasteiger partial charge is 0.327 e. The molecule has 164 valence electrons. The predicted molar refractivity (Wildman–Crippen MR) is 113 cm³/mol. The summed E-state index contributed by atoms with van der Waals surface area (Å²) in [7, 11) is -4.28. The van der Waals surface area contributed by atoms with E-state index >= 15 is 0 Å². The summed E-state index contributed by atoms with van der Waals surface area (Å²) >= 11 is 11.6. The van der Waals surface area contributed by atoms with Crippen molar-refractivity contribution < 1.29 is 27.9 Å². The monoisotopic (exact) mass is 485 g/mol. The van der Waals surface area contributed by atoms with Gasteiger partial charge in [-0.05, 0) is 37.3 Å². The molecule has 2 unspecified atom stereocenters. The Kier molecular flexibility index (Phi) is 8.38. The number of nitrogens with one attached hydrogen (secondary N) is 2. The van der Waals surface area contributed by atoms with Crippen LogP contribution in [-0.4, -0.2) is 44.2 Å². The van der Waals surface area contributed by atoms with Crippen LogP contribution in [0.25, 0.3) is 0 Å². The number of amides is 1. The zero-order valence-corrected chi connectivity index (χ0v) is 18.3. The minimum atomic E-state index is -4.28. The zero-order valence-electron chi connectivity index (χ0n) is 16.0. The van der Waals surface area contributed by atoms with Crippen LogP contribution in [0.4, 0.5) is 5.69 Å². The number of para-hydroxylation sites is 1. The van der Waals surface area contributed by atoms with Gasteiger partial charge in [0, 0.05) is 0 Å². The molecule has 0 aliphatic heterocycles. The molecule has 0 saturated heterocycles. The number of ether oxygens (including phenoxy) is 1. The molecule has 0 saturated carbocycles. The molecule has 0 aromatic heterocycles. The largest absolute Gasteiger partial charge is 0.454 e. The van der Waals surface area contributed by atoms with Crippen molar-refractivity contribution in [2.75, 3.05) is 11.9 Å². The number of carbonyl (C=O) groups is 2. The van der Waals surface area contributed by atoms with E-state index in [1.165, 1.54) is 31.2 Å². The number of anilines is 1. The highest BCUT2D eigenvalue weighted by Crippen LogP contribution is 2.25. The third kappa shape index (κ3) is 6.65. The second-order valence-electron chi connectivity index (χ2n) is 6.23. The van der Waals surface area contributed by atoms with Gasteiger partial charge in [0.1, 0.15) is 12.1 Å². The van der Waals surface area contributed by atoms with Gasteiger partial charge >= 0.3 is 5.97 Å². The van der Waals surface area contributed by atoms with Gasteiger partial charge in [-0.1, -0.05) is 35.3 Å². The molecule has 2 aromatic carbocycles. The van der Waals surface area contributed by atoms with Crippen molar-refractivity contribution in [2.45, 2.75) is 24.0 Å². The van der Waals surface area contributed by atoms with Crippen LogP contribution >= 0.6 is 23.2 Å². The fourth-order valence-corrected chi connectivity index (χ4v) is 3.97. The lowest BCUT2D eigenvalue weighted by molar-refractivity contribution is -0.151. The lowest BCUT2D eigenvalue weighted by Crippen LogP contribution is -2.48. The Morgan fingerprint density at radius 3 is 2.48 bits per heavy atom. The number of halogens is 2. The average molecular weight is 486 g/mol. The Balaban J connectivity index is 2.06. The van der Waals surface area contributed by atoms with Crippen LogP contribution in [0.5, 0.6) is 0 Å². The first-order chi connectivity index (χ1) is 14.5. The molecule has 12 heteroatoms. The summed E-state index contributed by atoms with van der Waals surface area (Å²) < 4.78 is 31.9. The molecule has 31 heavy (non-hydrogen) atoms. The molecule has 9 nitrogen and oxygen atoms in total. The van der Waals surface area contributed by atoms with E-state index in [2.05, 4.69) is 5.32 Å². The number of nitriles is 1. The van der Waals surface area contributed by atoms with E-state index in [-0.39, 0.29) is 26.2 Å². The van der Waals surface area contributed by atoms with Gasteiger partial charge in [-0.15, -0.1) is 0 Å². The highest BCUT2D eigenvalue weighted by atomic mass is 35.5. The lowest BCUT2D eigenvalue weighted by atomic mass is 10.2. The lowest BCUT2D eigenvalue weighted by Gasteiger charge is -2.20. The number of hydrogen-bond donors (Lipinski definition) is 3. The topological polar surface area (TPSA) is 146 Å². The van der Waals surface area contributed by atoms with Gasteiger partial charge in [-0.25, -0.2) is 8.42 Å². The number of carbonyl (C=O) groups excluding carboxylic acids is 2. The van der Waals surface area contributed by atoms with Crippen LogP contribution in [0.2, 0.25) is 10.0 Å². The second-order valence-corrected chi connectivity index (χ2v) is 8.76. The molecular weight excluding hydrogens is 469 g/mol. The van der Waals surface area contributed by atoms with Crippen LogP contribution < -0.4 is 10.0 Å². The SMILES string of the molecule is CC(O)C(NS(=O)(=O)c1ccc(Cl)c(Cl)c1)C(=O)OCC(=O)Nc1ccccc1C#N. The van der Waals surface area contributed by atoms with Gasteiger partial charge in [0.05, 0.1) is 32.3 Å². The molecular formula is C19H17Cl2N3O6S. The van der Waals surface area contributed by atoms with E-state index in [1.54, 1.807) is 12.1 Å². The fraction of sp³-hybridized carbons (Fsp3) is 0.211. The molecule has 0 spiro atoms. The maximum Gasteiger partial charge on any atom is 0.327 e. The number of sulfonamides is 1. The van der Waals surface area contributed by atoms with Crippen LogP contribution in [0.1, 0.15) is 12.5 Å². The quantitative estimate of drug-likeness (QED) is 0.485. The summed E-state index contributed by atoms with van der Waals surface area (Å²) in [6.45, 7) is 0.406. The van der Waals surface area contributed by atoms with E-state index in [0.29, 0.717) is 0 Å². The van der Waals surface area contributed by atoms with Crippen molar-refractivity contribution in [3.8, 4) is 6.07 Å². The van der Waals surface area contributed by atoms with E-state index in [1.807, 2.05) is 10.8 Å². The number of rotatable bonds is 8. The molecule has 2 atom stereocenters. The van der Waals surface area contributed by atoms with Gasteiger partial charge in [0.15, 0.2) is 6.61 Å². The Hall–Kier alpha value is -2.68. The zero-order chi connectivity index (χ0) is 23.2. The molecule has 3 N–H and O–H groups in total. The number of aliphatic hydroxyl groups excluding tert-OH is 1. The van der Waals surface area contributed by atoms with Gasteiger partial charge in [0.2, 0.25) is 10.0 Å². The van der Waals surface area contributed by atoms with Gasteiger partial charge in [-0.2, -0.15) is 9.98 Å². The Bertz CT molecular complexity index is 1130. The van der Waals surface area contributed by atoms with E-state index in [0.717, 1.165) is 6.07 Å². The number of hydrogen-bond acceptors (Lipinski definition) is 7. The van der Waals surface area contributed by atoms with E-state index < -0.39 is 40.7 Å². The van der Waals surface area contributed by atoms with Gasteiger partial charge < -0.3 is 15.2 Å². The Morgan fingerprint density at radius 2 is 1.87 bits per heavy atom. The number of nitrogens with zero attached hydrogens (tertiary/aromatic N) is 1. The highest BCUT2D eigenvalue weighted by molar-refractivity contribution is 7.89. The normalized spacial score (nSPS) is 13.0. The average Bonchev–Trinajstić information content (AvgIpc) is 2.72. The molecule has 2 rings (SSSR count). The van der Waals surface area contributed by atoms with Crippen LogP contribution in [-0.2, 0) is 24.3 Å². The van der Waals surface area contributed by atoms with Crippen molar-refractivity contribution in [1.29, 1.82) is 5.26 Å². The first-order valence-corrected chi connectivity index (χ1v) is 10.9. The molecule has 0 aliphatic rings. The maximum absolute atomic E-state index is 12.5. The van der Waals surface area contributed by atoms with Crippen molar-refractivity contribution in [1.82, 2.24) is 4.72 Å². The Labute approximate surface area is 188 Å². The first-order valence-electron chi connectivity index (χ1n) is 8.66. The first kappa shape index (κ1) is 24.6. The number of esters is 1. The van der Waals surface area contributed by atoms with Crippen molar-refractivity contribution in [2.24, 2.45) is 0 Å². The number of benzene rings is 2. The highest BCUT2D eigenvalue weighted by Gasteiger charge is 2.31. The van der Waals surface area contributed by atoms with Gasteiger partial charge in [-0.3, -0.25) is 9.59 Å². The second kappa shape index (κ2) is 10.6. The summed E-state index contributed by atoms with van der Waals surface area (Å²) in [4.78, 5) is 24.0. The Morgan fingerprint density at radius 1 is 1.19 bits per heavy atom. The standard InChI is InChI=1S/C19H17Cl2N3O6S/c1-11(25)18(24-31(28,29)13-6-7-14(20)15(21)8-13)19(27)30-10-17(26)23-16-5-3-2-4-12(16)9-22/h2-8,11,18,24-25H,10H2,1H3,(H,23,26). The fourth-order valence-electron chi connectivity index (χ4n) is 2.33. The maximum atomic E-state index is 12.5. The van der Waals surface area contributed by atoms with Crippen LogP contribution in [0, 0.1) is 11.3 Å². The molecule has 2 aromatic rings. The third-order valence-corrected chi connectivity index (χ3v) is 6.06. The molecule has 0 heterocycles. The molecule has 0 aliphatic carbocycles. The van der Waals surface area contributed by atoms with Crippen molar-refractivity contribution >= 4 is 50.8 Å². The van der Waals surface area contributed by atoms with E-state index in [9.17, 15) is 23.1 Å². The minimum absolute atomic E-state index is 0.0185. The summed E-state index contributed by atoms with van der Waals surface area (Å²) in [6.07, 6.45) is -1.48. The summed E-state index contributed by atoms with van der Waals surface area (Å²) in [5.74, 6) is -1.94. The molecule has 1 amide bonds. The minimum Gasteiger partial charge on any atom is -0.454 e. The van der Waals surface area contributed by atoms with Crippen LogP contribution in [0.3, 0.4) is 0 Å². The summed E-state index contributed by atoms with van der Waals surface area (Å²) in [5.41, 5.74) is 0.428. The molecule has 0 fully saturated rings. The predicted octanol–water partition coefficient (Wildman–Crippen LogP) is 2.07. The molecule has 0 radical (unpaired) electrons.